The number of fused-ring (bicyclic) bond motifs is 3. The minimum atomic E-state index is -0.105. The second-order valence-electron chi connectivity index (χ2n) is 10.8. The van der Waals surface area contributed by atoms with Crippen LogP contribution in [0.15, 0.2) is 60.1 Å². The van der Waals surface area contributed by atoms with E-state index in [9.17, 15) is 4.79 Å². The van der Waals surface area contributed by atoms with Crippen LogP contribution in [0.4, 0.5) is 0 Å². The lowest BCUT2D eigenvalue weighted by Crippen LogP contribution is -2.43. The highest BCUT2D eigenvalue weighted by atomic mass is 35.5. The van der Waals surface area contributed by atoms with E-state index in [1.54, 1.807) is 0 Å². The molecule has 36 heavy (non-hydrogen) atoms. The van der Waals surface area contributed by atoms with Crippen molar-refractivity contribution in [2.24, 2.45) is 11.8 Å². The van der Waals surface area contributed by atoms with Gasteiger partial charge in [0.2, 0.25) is 5.70 Å². The number of carbonyl (C=O) groups excluding carboxylic acids is 1. The van der Waals surface area contributed by atoms with Crippen LogP contribution < -0.4 is 0 Å². The Hall–Kier alpha value is -2.76. The summed E-state index contributed by atoms with van der Waals surface area (Å²) in [7, 11) is 0. The Balaban J connectivity index is 1.27. The molecule has 6 rings (SSSR count). The zero-order valence-electron chi connectivity index (χ0n) is 21.2. The van der Waals surface area contributed by atoms with E-state index in [2.05, 4.69) is 58.1 Å². The molecule has 0 aromatic carbocycles. The van der Waals surface area contributed by atoms with Crippen molar-refractivity contribution in [2.75, 3.05) is 19.6 Å². The predicted octanol–water partition coefficient (Wildman–Crippen LogP) is 5.63. The Bertz CT molecular complexity index is 1370. The van der Waals surface area contributed by atoms with E-state index in [4.69, 9.17) is 11.6 Å². The number of hydrogen-bond acceptors (Lipinski definition) is 3. The fourth-order valence-corrected chi connectivity index (χ4v) is 6.52. The third-order valence-corrected chi connectivity index (χ3v) is 8.55. The minimum absolute atomic E-state index is 0.105. The number of pyridine rings is 1. The first-order valence-corrected chi connectivity index (χ1v) is 13.7. The van der Waals surface area contributed by atoms with Crippen molar-refractivity contribution in [1.82, 2.24) is 14.3 Å². The van der Waals surface area contributed by atoms with Gasteiger partial charge in [-0.2, -0.15) is 0 Å². The summed E-state index contributed by atoms with van der Waals surface area (Å²) in [6, 6.07) is 2.63. The van der Waals surface area contributed by atoms with Gasteiger partial charge in [0.1, 0.15) is 0 Å². The molecule has 0 saturated carbocycles. The molecule has 0 bridgehead atoms. The standard InChI is InChI=1S/C30H34ClN4O/c1-20-8-9-22-10-11-24(34-14-13-33-12-4-6-25(33)19-34)5-3-7-26(22)29(36)16-27(20)23-15-28(31)30-32-21(2)17-35(30)18-23/h5,9-11,14-18,20,25-26H,3-4,6-8,12-13,19H2,1-2H3/q+1. The van der Waals surface area contributed by atoms with Crippen LogP contribution in [-0.2, 0) is 4.79 Å². The lowest BCUT2D eigenvalue weighted by molar-refractivity contribution is -0.481. The van der Waals surface area contributed by atoms with E-state index >= 15 is 0 Å². The van der Waals surface area contributed by atoms with Crippen LogP contribution in [-0.4, -0.2) is 56.5 Å². The molecule has 0 amide bonds. The Morgan fingerprint density at radius 3 is 2.94 bits per heavy atom. The summed E-state index contributed by atoms with van der Waals surface area (Å²) in [5, 5.41) is 0.612. The van der Waals surface area contributed by atoms with Gasteiger partial charge in [0.25, 0.3) is 0 Å². The molecular weight excluding hydrogens is 468 g/mol. The second kappa shape index (κ2) is 9.60. The number of nitrogens with zero attached hydrogens (tertiary/aromatic N) is 4. The monoisotopic (exact) mass is 501 g/mol. The van der Waals surface area contributed by atoms with Crippen molar-refractivity contribution in [3.8, 4) is 0 Å². The molecule has 2 aliphatic carbocycles. The molecule has 2 aliphatic heterocycles. The van der Waals surface area contributed by atoms with E-state index in [1.165, 1.54) is 25.1 Å². The molecule has 4 aliphatic rings. The van der Waals surface area contributed by atoms with Crippen LogP contribution in [0.1, 0.15) is 50.3 Å². The summed E-state index contributed by atoms with van der Waals surface area (Å²) in [5.41, 5.74) is 6.16. The quantitative estimate of drug-likeness (QED) is 0.501. The number of halogens is 1. The number of imidazole rings is 1. The molecule has 0 spiro atoms. The first-order chi connectivity index (χ1) is 17.5. The molecule has 1 saturated heterocycles. The van der Waals surface area contributed by atoms with Crippen LogP contribution in [0, 0.1) is 18.8 Å². The lowest BCUT2D eigenvalue weighted by atomic mass is 9.80. The van der Waals surface area contributed by atoms with Gasteiger partial charge in [-0.15, -0.1) is 0 Å². The van der Waals surface area contributed by atoms with Gasteiger partial charge in [0.05, 0.1) is 23.3 Å². The first kappa shape index (κ1) is 23.6. The highest BCUT2D eigenvalue weighted by Gasteiger charge is 2.33. The summed E-state index contributed by atoms with van der Waals surface area (Å²) >= 11 is 6.58. The molecule has 6 heteroatoms. The topological polar surface area (TPSA) is 40.6 Å². The molecular formula is C30H34ClN4O+. The van der Waals surface area contributed by atoms with Crippen LogP contribution in [0.5, 0.6) is 0 Å². The maximum Gasteiger partial charge on any atom is 0.200 e. The number of ketones is 1. The van der Waals surface area contributed by atoms with Crippen molar-refractivity contribution in [2.45, 2.75) is 52.0 Å². The van der Waals surface area contributed by atoms with Crippen LogP contribution in [0.3, 0.4) is 0 Å². The third kappa shape index (κ3) is 4.44. The summed E-state index contributed by atoms with van der Waals surface area (Å²) in [5.74, 6) is 0.290. The fourth-order valence-electron chi connectivity index (χ4n) is 6.26. The van der Waals surface area contributed by atoms with Crippen molar-refractivity contribution in [3.63, 3.8) is 0 Å². The Morgan fingerprint density at radius 2 is 2.06 bits per heavy atom. The molecule has 186 valence electrons. The Labute approximate surface area is 218 Å². The van der Waals surface area contributed by atoms with Gasteiger partial charge >= 0.3 is 0 Å². The third-order valence-electron chi connectivity index (χ3n) is 8.27. The lowest BCUT2D eigenvalue weighted by Gasteiger charge is -2.26. The van der Waals surface area contributed by atoms with Gasteiger partial charge in [0.15, 0.2) is 24.2 Å². The molecule has 3 unspecified atom stereocenters. The van der Waals surface area contributed by atoms with E-state index in [0.29, 0.717) is 11.1 Å². The van der Waals surface area contributed by atoms with Gasteiger partial charge in [-0.25, -0.2) is 9.56 Å². The number of allylic oxidation sites excluding steroid dienone is 7. The van der Waals surface area contributed by atoms with E-state index < -0.39 is 0 Å². The van der Waals surface area contributed by atoms with Gasteiger partial charge in [-0.05, 0) is 86.4 Å². The van der Waals surface area contributed by atoms with Gasteiger partial charge < -0.3 is 4.40 Å². The van der Waals surface area contributed by atoms with Gasteiger partial charge in [-0.3, -0.25) is 9.69 Å². The first-order valence-electron chi connectivity index (χ1n) is 13.3. The second-order valence-corrected chi connectivity index (χ2v) is 11.2. The maximum atomic E-state index is 13.6. The summed E-state index contributed by atoms with van der Waals surface area (Å²) < 4.78 is 4.41. The molecule has 4 heterocycles. The van der Waals surface area contributed by atoms with Crippen molar-refractivity contribution >= 4 is 34.8 Å². The molecule has 2 aromatic rings. The molecule has 5 nitrogen and oxygen atoms in total. The highest BCUT2D eigenvalue weighted by Crippen LogP contribution is 2.35. The van der Waals surface area contributed by atoms with Crippen LogP contribution in [0.25, 0.3) is 11.2 Å². The molecule has 0 radical (unpaired) electrons. The summed E-state index contributed by atoms with van der Waals surface area (Å²) in [6.45, 7) is 7.51. The fraction of sp³-hybridized carbons (Fsp3) is 0.433. The normalized spacial score (nSPS) is 27.2. The van der Waals surface area contributed by atoms with Crippen molar-refractivity contribution in [1.29, 1.82) is 0 Å². The average molecular weight is 502 g/mol. The number of aryl methyl sites for hydroxylation is 1. The molecule has 3 atom stereocenters. The molecule has 0 N–H and O–H groups in total. The van der Waals surface area contributed by atoms with Crippen LogP contribution >= 0.6 is 11.6 Å². The van der Waals surface area contributed by atoms with E-state index in [-0.39, 0.29) is 17.6 Å². The van der Waals surface area contributed by atoms with Gasteiger partial charge in [0, 0.05) is 24.4 Å². The summed E-state index contributed by atoms with van der Waals surface area (Å²) in [4.78, 5) is 20.7. The maximum absolute atomic E-state index is 13.6. The minimum Gasteiger partial charge on any atom is -0.305 e. The number of hydrogen-bond donors (Lipinski definition) is 0. The zero-order valence-corrected chi connectivity index (χ0v) is 21.9. The number of carbonyl (C=O) groups is 1. The zero-order chi connectivity index (χ0) is 24.8. The van der Waals surface area contributed by atoms with Crippen molar-refractivity contribution < 1.29 is 9.37 Å². The van der Waals surface area contributed by atoms with E-state index in [0.717, 1.165) is 60.4 Å². The smallest absolute Gasteiger partial charge is 0.200 e. The van der Waals surface area contributed by atoms with Gasteiger partial charge in [-0.1, -0.05) is 30.7 Å². The molecule has 2 aromatic heterocycles. The average Bonchev–Trinajstić information content (AvgIpc) is 3.46. The molecule has 1 fully saturated rings. The number of aromatic nitrogens is 2. The Morgan fingerprint density at radius 1 is 1.17 bits per heavy atom. The summed E-state index contributed by atoms with van der Waals surface area (Å²) in [6.07, 6.45) is 22.5. The Kier molecular flexibility index (Phi) is 6.30. The predicted molar refractivity (Wildman–Crippen MR) is 146 cm³/mol. The number of rotatable bonds is 2. The SMILES string of the molecule is Cc1cn2cc(C3=CC(=O)C4CCC=C([N+]5=CCN6CCCC6C5)C=CC4=CCC3C)cc(Cl)c2n1. The largest absolute Gasteiger partial charge is 0.305 e. The highest BCUT2D eigenvalue weighted by molar-refractivity contribution is 6.33. The van der Waals surface area contributed by atoms with E-state index in [1.807, 2.05) is 29.7 Å². The van der Waals surface area contributed by atoms with Crippen LogP contribution in [0.2, 0.25) is 5.02 Å². The van der Waals surface area contributed by atoms with Crippen molar-refractivity contribution in [3.05, 3.63) is 76.4 Å².